The number of aromatic nitrogens is 2. The van der Waals surface area contributed by atoms with Gasteiger partial charge in [0.1, 0.15) is 17.0 Å². The van der Waals surface area contributed by atoms with Gasteiger partial charge in [-0.2, -0.15) is 18.4 Å². The molecule has 0 bridgehead atoms. The van der Waals surface area contributed by atoms with Gasteiger partial charge in [-0.05, 0) is 47.7 Å². The Labute approximate surface area is 241 Å². The number of benzene rings is 1. The van der Waals surface area contributed by atoms with Crippen molar-refractivity contribution < 1.29 is 18.0 Å². The van der Waals surface area contributed by atoms with E-state index in [1.54, 1.807) is 6.07 Å². The highest BCUT2D eigenvalue weighted by Crippen LogP contribution is 2.39. The van der Waals surface area contributed by atoms with E-state index in [0.717, 1.165) is 40.9 Å². The molecule has 2 aromatic heterocycles. The van der Waals surface area contributed by atoms with E-state index in [9.17, 15) is 23.2 Å². The number of carbonyl (C=O) groups is 1. The van der Waals surface area contributed by atoms with Gasteiger partial charge >= 0.3 is 6.18 Å². The van der Waals surface area contributed by atoms with Crippen LogP contribution >= 0.6 is 11.3 Å². The van der Waals surface area contributed by atoms with E-state index in [1.165, 1.54) is 32.0 Å². The molecule has 214 valence electrons. The van der Waals surface area contributed by atoms with Gasteiger partial charge in [-0.1, -0.05) is 44.6 Å². The summed E-state index contributed by atoms with van der Waals surface area (Å²) in [5, 5.41) is 13.3. The first-order valence-electron chi connectivity index (χ1n) is 14.3. The molecule has 3 heterocycles. The molecule has 3 aliphatic rings. The number of amides is 1. The van der Waals surface area contributed by atoms with E-state index in [4.69, 9.17) is 0 Å². The molecular weight excluding hydrogens is 547 g/mol. The topological polar surface area (TPSA) is 81.9 Å². The standard InChI is InChI=1S/C31H32F3N5OS/c1-18-23(9-8-21-10-19(14-35)11-24(18)21)29(40)38-27-16-39(15-26(27)20-6-4-2-3-5-7-20)28-25-12-22(13-31(32,33)34)41-30(25)37-17-36-28/h8-9,11-12,17,20,26-27H,2-7,10,13,15-16H2,1H3,(H,38,40). The molecule has 2 fully saturated rings. The Kier molecular flexibility index (Phi) is 7.49. The Morgan fingerprint density at radius 3 is 2.68 bits per heavy atom. The molecule has 6 nitrogen and oxygen atoms in total. The fourth-order valence-electron chi connectivity index (χ4n) is 6.94. The summed E-state index contributed by atoms with van der Waals surface area (Å²) in [6.07, 6.45) is 5.62. The first-order valence-corrected chi connectivity index (χ1v) is 15.1. The van der Waals surface area contributed by atoms with Gasteiger partial charge in [0.2, 0.25) is 0 Å². The Bertz CT molecular complexity index is 1550. The van der Waals surface area contributed by atoms with Gasteiger partial charge in [0.05, 0.1) is 23.9 Å². The lowest BCUT2D eigenvalue weighted by Gasteiger charge is -2.27. The highest BCUT2D eigenvalue weighted by molar-refractivity contribution is 7.18. The first kappa shape index (κ1) is 27.7. The monoisotopic (exact) mass is 579 g/mol. The van der Waals surface area contributed by atoms with Crippen molar-refractivity contribution >= 4 is 39.4 Å². The van der Waals surface area contributed by atoms with Crippen LogP contribution in [0.1, 0.15) is 70.5 Å². The van der Waals surface area contributed by atoms with Crippen molar-refractivity contribution in [1.82, 2.24) is 15.3 Å². The second-order valence-corrected chi connectivity index (χ2v) is 12.7. The number of allylic oxidation sites excluding steroid dienone is 1. The van der Waals surface area contributed by atoms with Crippen LogP contribution in [-0.4, -0.2) is 41.2 Å². The van der Waals surface area contributed by atoms with Gasteiger partial charge < -0.3 is 10.2 Å². The number of alkyl halides is 3. The van der Waals surface area contributed by atoms with E-state index in [2.05, 4.69) is 26.3 Å². The van der Waals surface area contributed by atoms with Gasteiger partial charge in [0.25, 0.3) is 5.91 Å². The third kappa shape index (κ3) is 5.69. The third-order valence-corrected chi connectivity index (χ3v) is 9.96. The lowest BCUT2D eigenvalue weighted by atomic mass is 9.83. The van der Waals surface area contributed by atoms with Crippen molar-refractivity contribution in [2.24, 2.45) is 11.8 Å². The SMILES string of the molecule is Cc1c(C(=O)NC2CN(c3ncnc4sc(CC(F)(F)F)cc34)CC2C2CCCCCC2)ccc2c1C=C(C#N)C2. The second-order valence-electron chi connectivity index (χ2n) is 11.6. The maximum absolute atomic E-state index is 13.7. The maximum Gasteiger partial charge on any atom is 0.393 e. The minimum absolute atomic E-state index is 0.123. The number of carbonyl (C=O) groups excluding carboxylic acids is 1. The van der Waals surface area contributed by atoms with Crippen molar-refractivity contribution in [2.45, 2.75) is 70.5 Å². The van der Waals surface area contributed by atoms with Crippen molar-refractivity contribution in [1.29, 1.82) is 5.26 Å². The number of nitrogens with zero attached hydrogens (tertiary/aromatic N) is 4. The van der Waals surface area contributed by atoms with Crippen LogP contribution < -0.4 is 10.2 Å². The normalized spacial score (nSPS) is 21.4. The molecule has 0 spiro atoms. The summed E-state index contributed by atoms with van der Waals surface area (Å²) in [6.45, 7) is 3.15. The van der Waals surface area contributed by atoms with Crippen LogP contribution in [0.25, 0.3) is 16.3 Å². The molecular formula is C31H32F3N5OS. The molecule has 1 N–H and O–H groups in total. The molecule has 10 heteroatoms. The number of thiophene rings is 1. The van der Waals surface area contributed by atoms with Crippen molar-refractivity contribution in [3.63, 3.8) is 0 Å². The fraction of sp³-hybridized carbons (Fsp3) is 0.484. The minimum Gasteiger partial charge on any atom is -0.354 e. The van der Waals surface area contributed by atoms with Crippen molar-refractivity contribution in [3.8, 4) is 6.07 Å². The summed E-state index contributed by atoms with van der Waals surface area (Å²) in [5.74, 6) is 1.16. The van der Waals surface area contributed by atoms with Crippen molar-refractivity contribution in [3.05, 3.63) is 57.2 Å². The lowest BCUT2D eigenvalue weighted by molar-refractivity contribution is -0.126. The Balaban J connectivity index is 1.29. The number of hydrogen-bond acceptors (Lipinski definition) is 6. The predicted molar refractivity (Wildman–Crippen MR) is 154 cm³/mol. The quantitative estimate of drug-likeness (QED) is 0.337. The van der Waals surface area contributed by atoms with Gasteiger partial charge in [0.15, 0.2) is 0 Å². The third-order valence-electron chi connectivity index (χ3n) is 8.91. The molecule has 0 radical (unpaired) electrons. The molecule has 41 heavy (non-hydrogen) atoms. The van der Waals surface area contributed by atoms with Crippen LogP contribution in [-0.2, 0) is 12.8 Å². The van der Waals surface area contributed by atoms with Crippen LogP contribution in [0.15, 0.2) is 30.1 Å². The summed E-state index contributed by atoms with van der Waals surface area (Å²) in [6, 6.07) is 7.47. The minimum atomic E-state index is -4.29. The summed E-state index contributed by atoms with van der Waals surface area (Å²) in [4.78, 5) is 25.4. The zero-order valence-corrected chi connectivity index (χ0v) is 23.7. The number of halogens is 3. The smallest absolute Gasteiger partial charge is 0.354 e. The number of hydrogen-bond donors (Lipinski definition) is 1. The van der Waals surface area contributed by atoms with Crippen LogP contribution in [0, 0.1) is 30.1 Å². The molecule has 1 aromatic carbocycles. The van der Waals surface area contributed by atoms with E-state index in [-0.39, 0.29) is 22.7 Å². The number of nitriles is 1. The average Bonchev–Trinajstić information content (AvgIpc) is 3.59. The summed E-state index contributed by atoms with van der Waals surface area (Å²) < 4.78 is 39.3. The van der Waals surface area contributed by atoms with Crippen LogP contribution in [0.3, 0.4) is 0 Å². The Morgan fingerprint density at radius 2 is 1.95 bits per heavy atom. The zero-order valence-electron chi connectivity index (χ0n) is 22.9. The van der Waals surface area contributed by atoms with Crippen LogP contribution in [0.4, 0.5) is 19.0 Å². The molecule has 1 saturated heterocycles. The molecule has 1 aliphatic heterocycles. The summed E-state index contributed by atoms with van der Waals surface area (Å²) in [5.41, 5.74) is 4.20. The second kappa shape index (κ2) is 11.1. The molecule has 3 aromatic rings. The van der Waals surface area contributed by atoms with E-state index >= 15 is 0 Å². The summed E-state index contributed by atoms with van der Waals surface area (Å²) >= 11 is 1.06. The number of nitrogens with one attached hydrogen (secondary N) is 1. The molecule has 2 atom stereocenters. The lowest BCUT2D eigenvalue weighted by Crippen LogP contribution is -2.43. The van der Waals surface area contributed by atoms with E-state index in [1.807, 2.05) is 25.1 Å². The molecule has 2 aliphatic carbocycles. The largest absolute Gasteiger partial charge is 0.393 e. The maximum atomic E-state index is 13.7. The van der Waals surface area contributed by atoms with Gasteiger partial charge in [-0.3, -0.25) is 4.79 Å². The molecule has 2 unspecified atom stereocenters. The number of anilines is 1. The Hall–Kier alpha value is -3.45. The first-order chi connectivity index (χ1) is 19.7. The van der Waals surface area contributed by atoms with E-state index < -0.39 is 12.6 Å². The molecule has 1 saturated carbocycles. The average molecular weight is 580 g/mol. The molecule has 6 rings (SSSR count). The fourth-order valence-corrected chi connectivity index (χ4v) is 7.96. The van der Waals surface area contributed by atoms with Gasteiger partial charge in [0, 0.05) is 41.4 Å². The Morgan fingerprint density at radius 1 is 1.17 bits per heavy atom. The van der Waals surface area contributed by atoms with Gasteiger partial charge in [-0.25, -0.2) is 9.97 Å². The van der Waals surface area contributed by atoms with Crippen LogP contribution in [0.2, 0.25) is 0 Å². The van der Waals surface area contributed by atoms with Crippen molar-refractivity contribution in [2.75, 3.05) is 18.0 Å². The highest BCUT2D eigenvalue weighted by Gasteiger charge is 2.40. The zero-order chi connectivity index (χ0) is 28.7. The summed E-state index contributed by atoms with van der Waals surface area (Å²) in [7, 11) is 0. The number of fused-ring (bicyclic) bond motifs is 2. The van der Waals surface area contributed by atoms with Gasteiger partial charge in [-0.15, -0.1) is 11.3 Å². The number of rotatable bonds is 5. The highest BCUT2D eigenvalue weighted by atomic mass is 32.1. The molecule has 1 amide bonds. The van der Waals surface area contributed by atoms with E-state index in [0.29, 0.717) is 52.6 Å². The predicted octanol–water partition coefficient (Wildman–Crippen LogP) is 6.77. The van der Waals surface area contributed by atoms with Crippen LogP contribution in [0.5, 0.6) is 0 Å².